The molecule has 622 valence electrons. The molecule has 25 aromatic rings. The van der Waals surface area contributed by atoms with Gasteiger partial charge in [-0.15, -0.1) is 0 Å². The fourth-order valence-electron chi connectivity index (χ4n) is 21.0. The molecule has 0 spiro atoms. The van der Waals surface area contributed by atoms with E-state index in [1.807, 2.05) is 0 Å². The third-order valence-corrected chi connectivity index (χ3v) is 27.2. The van der Waals surface area contributed by atoms with Gasteiger partial charge in [-0.25, -0.2) is 15.0 Å². The van der Waals surface area contributed by atoms with Crippen LogP contribution in [0, 0.1) is 34.6 Å². The molecule has 0 aliphatic rings. The van der Waals surface area contributed by atoms with Crippen molar-refractivity contribution in [2.45, 2.75) is 87.0 Å². The highest BCUT2D eigenvalue weighted by molar-refractivity contribution is 6.27. The summed E-state index contributed by atoms with van der Waals surface area (Å²) in [6.07, 6.45) is 0. The van der Waals surface area contributed by atoms with E-state index in [2.05, 4.69) is 472 Å². The maximum atomic E-state index is 5.34. The van der Waals surface area contributed by atoms with E-state index >= 15 is 0 Å². The summed E-state index contributed by atoms with van der Waals surface area (Å²) in [5.41, 5.74) is 32.1. The van der Waals surface area contributed by atoms with E-state index in [0.29, 0.717) is 0 Å². The number of benzene rings is 19. The molecule has 0 fully saturated rings. The van der Waals surface area contributed by atoms with E-state index in [-0.39, 0.29) is 10.8 Å². The standard InChI is InChI=1S/C44H32N2.C43H38N2.C37H26N2/c1-27-23-28(2)43(29(3)24-27)31-19-22-42-39(26-31)36-16-8-9-18-41(36)46(42)32-12-10-11-30(25-32)40-21-20-38-35-15-5-4-13-33(35)34-14-6-7-17-37(34)44(38)45-40;1-42(2,3)28-18-22-39-36(25-28)37-26-29(43(4,5)6)19-23-40(37)45(39)30-13-11-12-27(24-30)38-21-20-35-33-16-8-7-14-31(33)32-15-9-10-17-34(32)41(35)44-38;1-23-14-18-35-32(20-23)33-21-24(2)15-19-36(33)39(35)26-9-7-8-25(22-26)34-17-16-31-29-12-4-3-10-27(29)28-11-5-6-13-30(28)37(31)38-34/h4-26H,1-3H3;7-26H,1-6H3;3-22H,1-2H3. The number of fused-ring (bicyclic) bond motifs is 27. The van der Waals surface area contributed by atoms with Gasteiger partial charge in [0.1, 0.15) is 0 Å². The van der Waals surface area contributed by atoms with Crippen LogP contribution >= 0.6 is 0 Å². The Kier molecular flexibility index (Phi) is 18.8. The van der Waals surface area contributed by atoms with Crippen LogP contribution in [-0.4, -0.2) is 28.7 Å². The van der Waals surface area contributed by atoms with Crippen LogP contribution in [0.2, 0.25) is 0 Å². The maximum Gasteiger partial charge on any atom is 0.0794 e. The Morgan fingerprint density at radius 2 is 0.454 bits per heavy atom. The van der Waals surface area contributed by atoms with Crippen LogP contribution in [-0.2, 0) is 10.8 Å². The van der Waals surface area contributed by atoms with Gasteiger partial charge in [-0.2, -0.15) is 0 Å². The van der Waals surface area contributed by atoms with Crippen molar-refractivity contribution in [1.82, 2.24) is 28.7 Å². The quantitative estimate of drug-likeness (QED) is 0.149. The average molecular weight is 1670 g/mol. The molecule has 25 rings (SSSR count). The van der Waals surface area contributed by atoms with Gasteiger partial charge in [0.15, 0.2) is 0 Å². The van der Waals surface area contributed by atoms with E-state index in [4.69, 9.17) is 15.0 Å². The van der Waals surface area contributed by atoms with Crippen molar-refractivity contribution < 1.29 is 0 Å². The molecule has 0 unspecified atom stereocenters. The van der Waals surface area contributed by atoms with Crippen molar-refractivity contribution in [1.29, 1.82) is 0 Å². The Morgan fingerprint density at radius 1 is 0.185 bits per heavy atom. The third kappa shape index (κ3) is 13.3. The summed E-state index contributed by atoms with van der Waals surface area (Å²) >= 11 is 0. The molecular weight excluding hydrogens is 1570 g/mol. The van der Waals surface area contributed by atoms with E-state index in [1.165, 1.54) is 196 Å². The molecule has 0 aliphatic carbocycles. The highest BCUT2D eigenvalue weighted by atomic mass is 15.0. The lowest BCUT2D eigenvalue weighted by Gasteiger charge is -2.19. The molecule has 0 saturated heterocycles. The van der Waals surface area contributed by atoms with Crippen LogP contribution in [0.5, 0.6) is 0 Å². The Bertz CT molecular complexity index is 8760. The normalized spacial score (nSPS) is 12.1. The maximum absolute atomic E-state index is 5.34. The molecule has 6 aromatic heterocycles. The molecule has 130 heavy (non-hydrogen) atoms. The topological polar surface area (TPSA) is 53.5 Å². The Hall–Kier alpha value is -15.6. The second-order valence-corrected chi connectivity index (χ2v) is 37.7. The minimum Gasteiger partial charge on any atom is -0.309 e. The molecule has 0 aliphatic heterocycles. The molecule has 0 saturated carbocycles. The first-order chi connectivity index (χ1) is 63.3. The van der Waals surface area contributed by atoms with Crippen molar-refractivity contribution in [3.8, 4) is 62.0 Å². The van der Waals surface area contributed by atoms with Gasteiger partial charge in [0, 0.05) is 98.4 Å². The van der Waals surface area contributed by atoms with Gasteiger partial charge >= 0.3 is 0 Å². The summed E-state index contributed by atoms with van der Waals surface area (Å²) in [6.45, 7) is 24.7. The van der Waals surface area contributed by atoms with E-state index in [0.717, 1.165) is 67.4 Å². The summed E-state index contributed by atoms with van der Waals surface area (Å²) in [6, 6.07) is 139. The number of rotatable bonds is 7. The highest BCUT2D eigenvalue weighted by Crippen LogP contribution is 2.46. The molecule has 0 N–H and O–H groups in total. The van der Waals surface area contributed by atoms with Crippen LogP contribution in [0.3, 0.4) is 0 Å². The predicted octanol–water partition coefficient (Wildman–Crippen LogP) is 33.7. The van der Waals surface area contributed by atoms with E-state index in [9.17, 15) is 0 Å². The van der Waals surface area contributed by atoms with Crippen molar-refractivity contribution in [3.05, 3.63) is 421 Å². The van der Waals surface area contributed by atoms with Crippen LogP contribution in [0.25, 0.3) is 225 Å². The summed E-state index contributed by atoms with van der Waals surface area (Å²) in [4.78, 5) is 16.0. The summed E-state index contributed by atoms with van der Waals surface area (Å²) in [5, 5.41) is 26.1. The van der Waals surface area contributed by atoms with Crippen molar-refractivity contribution >= 4 is 163 Å². The van der Waals surface area contributed by atoms with E-state index < -0.39 is 0 Å². The summed E-state index contributed by atoms with van der Waals surface area (Å²) in [5.74, 6) is 0. The first kappa shape index (κ1) is 79.0. The minimum atomic E-state index is 0.0709. The van der Waals surface area contributed by atoms with Gasteiger partial charge in [0.25, 0.3) is 0 Å². The lowest BCUT2D eigenvalue weighted by Crippen LogP contribution is -2.10. The van der Waals surface area contributed by atoms with Gasteiger partial charge in [0.05, 0.1) is 66.7 Å². The zero-order valence-corrected chi connectivity index (χ0v) is 75.1. The second kappa shape index (κ2) is 30.9. The lowest BCUT2D eigenvalue weighted by atomic mass is 9.85. The van der Waals surface area contributed by atoms with Crippen LogP contribution in [0.4, 0.5) is 0 Å². The fourth-order valence-corrected chi connectivity index (χ4v) is 21.0. The zero-order valence-electron chi connectivity index (χ0n) is 75.1. The average Bonchev–Trinajstić information content (AvgIpc) is 1.70. The number of hydrogen-bond acceptors (Lipinski definition) is 3. The van der Waals surface area contributed by atoms with Gasteiger partial charge in [-0.1, -0.05) is 301 Å². The molecule has 0 radical (unpaired) electrons. The SMILES string of the molecule is CC(C)(C)c1ccc2c(c1)c1cc(C(C)(C)C)ccc1n2-c1cccc(-c2ccc3c4ccccc4c4ccccc4c3n2)c1.Cc1cc(C)c(-c2ccc3c(c2)c2ccccc2n3-c2cccc(-c3ccc4c5ccccc5c5ccccc5c4n3)c2)c(C)c1.Cc1ccc2c(c1)c1cc(C)ccc1n2-c1cccc(-c2ccc3c4ccccc4c4ccccc4c3n2)c1. The van der Waals surface area contributed by atoms with Crippen LogP contribution in [0.1, 0.15) is 80.5 Å². The second-order valence-electron chi connectivity index (χ2n) is 37.7. The van der Waals surface area contributed by atoms with Crippen molar-refractivity contribution in [2.24, 2.45) is 0 Å². The molecular formula is C124H96N6. The number of para-hydroxylation sites is 1. The minimum absolute atomic E-state index is 0.0709. The molecule has 19 aromatic carbocycles. The fraction of sp³-hybridized carbons (Fsp3) is 0.105. The van der Waals surface area contributed by atoms with E-state index in [1.54, 1.807) is 0 Å². The highest BCUT2D eigenvalue weighted by Gasteiger charge is 2.25. The molecule has 0 amide bonds. The first-order valence-corrected chi connectivity index (χ1v) is 45.4. The Labute approximate surface area is 756 Å². The van der Waals surface area contributed by atoms with Gasteiger partial charge in [0.2, 0.25) is 0 Å². The lowest BCUT2D eigenvalue weighted by molar-refractivity contribution is 0.590. The monoisotopic (exact) mass is 1670 g/mol. The van der Waals surface area contributed by atoms with Crippen LogP contribution < -0.4 is 0 Å². The zero-order chi connectivity index (χ0) is 88.1. The van der Waals surface area contributed by atoms with Crippen molar-refractivity contribution in [3.63, 3.8) is 0 Å². The predicted molar refractivity (Wildman–Crippen MR) is 556 cm³/mol. The molecule has 6 nitrogen and oxygen atoms in total. The third-order valence-electron chi connectivity index (χ3n) is 27.2. The Morgan fingerprint density at radius 3 is 0.792 bits per heavy atom. The number of aromatic nitrogens is 6. The van der Waals surface area contributed by atoms with Gasteiger partial charge in [-0.05, 0) is 267 Å². The number of aryl methyl sites for hydroxylation is 5. The molecule has 0 bridgehead atoms. The summed E-state index contributed by atoms with van der Waals surface area (Å²) in [7, 11) is 0. The number of hydrogen-bond donors (Lipinski definition) is 0. The summed E-state index contributed by atoms with van der Waals surface area (Å²) < 4.78 is 7.21. The smallest absolute Gasteiger partial charge is 0.0794 e. The molecule has 6 heteroatoms. The first-order valence-electron chi connectivity index (χ1n) is 45.4. The largest absolute Gasteiger partial charge is 0.309 e. The molecule has 0 atom stereocenters. The van der Waals surface area contributed by atoms with Gasteiger partial charge < -0.3 is 13.7 Å². The van der Waals surface area contributed by atoms with Crippen LogP contribution in [0.15, 0.2) is 382 Å². The van der Waals surface area contributed by atoms with Crippen molar-refractivity contribution in [2.75, 3.05) is 0 Å². The molecule has 6 heterocycles. The Balaban J connectivity index is 0.000000111. The number of nitrogens with zero attached hydrogens (tertiary/aromatic N) is 6. The van der Waals surface area contributed by atoms with Gasteiger partial charge in [-0.3, -0.25) is 0 Å². The number of pyridine rings is 3.